The van der Waals surface area contributed by atoms with Crippen LogP contribution in [0, 0.1) is 0 Å². The van der Waals surface area contributed by atoms with Crippen molar-refractivity contribution in [2.75, 3.05) is 0 Å². The van der Waals surface area contributed by atoms with Crippen molar-refractivity contribution in [3.05, 3.63) is 40.3 Å². The quantitative estimate of drug-likeness (QED) is 0.541. The highest BCUT2D eigenvalue weighted by Crippen LogP contribution is 2.08. The Labute approximate surface area is 64.8 Å². The Bertz CT molecular complexity index is 349. The predicted octanol–water partition coefficient (Wildman–Crippen LogP) is 1.27. The van der Waals surface area contributed by atoms with E-state index in [1.54, 1.807) is 12.1 Å². The minimum absolute atomic E-state index is 0.103. The Morgan fingerprint density at radius 1 is 1.45 bits per heavy atom. The van der Waals surface area contributed by atoms with Crippen LogP contribution in [-0.2, 0) is 6.42 Å². The Morgan fingerprint density at radius 3 is 3.27 bits per heavy atom. The zero-order valence-corrected chi connectivity index (χ0v) is 6.16. The molecule has 0 unspecified atom stereocenters. The molecule has 2 heteroatoms. The monoisotopic (exact) mass is 147 g/mol. The van der Waals surface area contributed by atoms with Crippen LogP contribution < -0.4 is 5.43 Å². The number of fused-ring (bicyclic) bond motifs is 1. The highest BCUT2D eigenvalue weighted by molar-refractivity contribution is 5.30. The molecule has 0 saturated carbocycles. The highest BCUT2D eigenvalue weighted by Gasteiger charge is 2.00. The summed E-state index contributed by atoms with van der Waals surface area (Å²) in [6.07, 6.45) is 7.94. The highest BCUT2D eigenvalue weighted by atomic mass is 16.1. The lowest BCUT2D eigenvalue weighted by atomic mass is 10.1. The smallest absolute Gasteiger partial charge is 0.181 e. The van der Waals surface area contributed by atoms with Crippen molar-refractivity contribution in [1.82, 2.24) is 4.57 Å². The molecule has 56 valence electrons. The van der Waals surface area contributed by atoms with Crippen LogP contribution in [0.5, 0.6) is 0 Å². The molecule has 1 aliphatic heterocycles. The zero-order chi connectivity index (χ0) is 7.68. The van der Waals surface area contributed by atoms with Gasteiger partial charge in [-0.15, -0.1) is 0 Å². The molecule has 1 aromatic heterocycles. The number of allylic oxidation sites excluding steroid dienone is 1. The molecule has 0 saturated heterocycles. The first kappa shape index (κ1) is 6.40. The standard InChI is InChI=1S/C9H9NO/c11-9-4-6-10-5-2-1-3-8(10)7-9/h2,4-7H,1,3H2. The molecule has 0 aromatic carbocycles. The maximum atomic E-state index is 10.9. The van der Waals surface area contributed by atoms with Gasteiger partial charge in [0.05, 0.1) is 0 Å². The van der Waals surface area contributed by atoms with Gasteiger partial charge >= 0.3 is 0 Å². The average Bonchev–Trinajstić information content (AvgIpc) is 2.04. The SMILES string of the molecule is O=c1ccn2c(c1)CCC=C2. The van der Waals surface area contributed by atoms with Gasteiger partial charge in [-0.05, 0) is 12.8 Å². The Hall–Kier alpha value is -1.31. The Kier molecular flexibility index (Phi) is 1.39. The number of hydrogen-bond donors (Lipinski definition) is 0. The van der Waals surface area contributed by atoms with Gasteiger partial charge in [-0.2, -0.15) is 0 Å². The molecule has 2 heterocycles. The summed E-state index contributed by atoms with van der Waals surface area (Å²) in [5.41, 5.74) is 1.21. The zero-order valence-electron chi connectivity index (χ0n) is 6.16. The van der Waals surface area contributed by atoms with E-state index in [2.05, 4.69) is 6.08 Å². The van der Waals surface area contributed by atoms with Crippen LogP contribution in [0.1, 0.15) is 12.1 Å². The topological polar surface area (TPSA) is 22.0 Å². The van der Waals surface area contributed by atoms with Gasteiger partial charge in [0, 0.05) is 30.2 Å². The van der Waals surface area contributed by atoms with Crippen molar-refractivity contribution in [3.8, 4) is 0 Å². The van der Waals surface area contributed by atoms with Crippen molar-refractivity contribution in [1.29, 1.82) is 0 Å². The van der Waals surface area contributed by atoms with Crippen LogP contribution in [0.25, 0.3) is 6.20 Å². The number of pyridine rings is 1. The first-order valence-corrected chi connectivity index (χ1v) is 3.74. The van der Waals surface area contributed by atoms with Gasteiger partial charge in [0.1, 0.15) is 0 Å². The fourth-order valence-corrected chi connectivity index (χ4v) is 1.30. The van der Waals surface area contributed by atoms with Gasteiger partial charge in [-0.3, -0.25) is 4.79 Å². The van der Waals surface area contributed by atoms with E-state index in [-0.39, 0.29) is 5.43 Å². The van der Waals surface area contributed by atoms with E-state index in [0.29, 0.717) is 0 Å². The Morgan fingerprint density at radius 2 is 2.36 bits per heavy atom. The van der Waals surface area contributed by atoms with Crippen LogP contribution in [0.2, 0.25) is 0 Å². The van der Waals surface area contributed by atoms with Crippen LogP contribution in [0.4, 0.5) is 0 Å². The number of aryl methyl sites for hydroxylation is 1. The normalized spacial score (nSPS) is 14.5. The molecule has 2 nitrogen and oxygen atoms in total. The number of rotatable bonds is 0. The maximum Gasteiger partial charge on any atom is 0.181 e. The third-order valence-electron chi connectivity index (χ3n) is 1.87. The Balaban J connectivity index is 2.62. The summed E-state index contributed by atoms with van der Waals surface area (Å²) in [5, 5.41) is 0. The summed E-state index contributed by atoms with van der Waals surface area (Å²) in [4.78, 5) is 10.9. The second kappa shape index (κ2) is 2.38. The fourth-order valence-electron chi connectivity index (χ4n) is 1.30. The van der Waals surface area contributed by atoms with E-state index < -0.39 is 0 Å². The molecule has 2 rings (SSSR count). The van der Waals surface area contributed by atoms with E-state index in [0.717, 1.165) is 18.5 Å². The lowest BCUT2D eigenvalue weighted by Crippen LogP contribution is -2.09. The molecule has 0 radical (unpaired) electrons. The van der Waals surface area contributed by atoms with Crippen molar-refractivity contribution in [2.45, 2.75) is 12.8 Å². The summed E-state index contributed by atoms with van der Waals surface area (Å²) in [7, 11) is 0. The number of aromatic nitrogens is 1. The van der Waals surface area contributed by atoms with Gasteiger partial charge < -0.3 is 4.57 Å². The van der Waals surface area contributed by atoms with E-state index in [1.807, 2.05) is 17.0 Å². The molecule has 0 atom stereocenters. The second-order valence-corrected chi connectivity index (χ2v) is 2.68. The van der Waals surface area contributed by atoms with Crippen LogP contribution in [-0.4, -0.2) is 4.57 Å². The molecule has 0 fully saturated rings. The van der Waals surface area contributed by atoms with Crippen LogP contribution in [0.3, 0.4) is 0 Å². The first-order valence-electron chi connectivity index (χ1n) is 3.74. The third kappa shape index (κ3) is 1.11. The summed E-state index contributed by atoms with van der Waals surface area (Å²) < 4.78 is 1.99. The lowest BCUT2D eigenvalue weighted by Gasteiger charge is -2.11. The number of nitrogens with zero attached hydrogens (tertiary/aromatic N) is 1. The largest absolute Gasteiger partial charge is 0.328 e. The average molecular weight is 147 g/mol. The molecular weight excluding hydrogens is 138 g/mol. The molecule has 0 bridgehead atoms. The summed E-state index contributed by atoms with van der Waals surface area (Å²) in [5.74, 6) is 0. The van der Waals surface area contributed by atoms with Crippen molar-refractivity contribution in [2.24, 2.45) is 0 Å². The molecule has 0 N–H and O–H groups in total. The molecule has 0 amide bonds. The van der Waals surface area contributed by atoms with Crippen LogP contribution >= 0.6 is 0 Å². The van der Waals surface area contributed by atoms with Crippen molar-refractivity contribution < 1.29 is 0 Å². The van der Waals surface area contributed by atoms with Gasteiger partial charge in [0.25, 0.3) is 0 Å². The van der Waals surface area contributed by atoms with Gasteiger partial charge in [0.2, 0.25) is 0 Å². The minimum atomic E-state index is 0.103. The molecule has 11 heavy (non-hydrogen) atoms. The molecule has 0 spiro atoms. The first-order chi connectivity index (χ1) is 5.36. The van der Waals surface area contributed by atoms with E-state index in [4.69, 9.17) is 0 Å². The predicted molar refractivity (Wildman–Crippen MR) is 44.4 cm³/mol. The molecule has 1 aromatic rings. The van der Waals surface area contributed by atoms with Crippen LogP contribution in [0.15, 0.2) is 29.2 Å². The minimum Gasteiger partial charge on any atom is -0.328 e. The van der Waals surface area contributed by atoms with Gasteiger partial charge in [0.15, 0.2) is 5.43 Å². The lowest BCUT2D eigenvalue weighted by molar-refractivity contribution is 0.855. The van der Waals surface area contributed by atoms with Gasteiger partial charge in [-0.25, -0.2) is 0 Å². The van der Waals surface area contributed by atoms with E-state index >= 15 is 0 Å². The van der Waals surface area contributed by atoms with E-state index in [1.165, 1.54) is 0 Å². The fraction of sp³-hybridized carbons (Fsp3) is 0.222. The van der Waals surface area contributed by atoms with E-state index in [9.17, 15) is 4.79 Å². The summed E-state index contributed by atoms with van der Waals surface area (Å²) >= 11 is 0. The second-order valence-electron chi connectivity index (χ2n) is 2.68. The maximum absolute atomic E-state index is 10.9. The van der Waals surface area contributed by atoms with Crippen molar-refractivity contribution >= 4 is 6.20 Å². The molecule has 1 aliphatic rings. The summed E-state index contributed by atoms with van der Waals surface area (Å²) in [6.45, 7) is 0. The van der Waals surface area contributed by atoms with Crippen molar-refractivity contribution in [3.63, 3.8) is 0 Å². The number of hydrogen-bond acceptors (Lipinski definition) is 1. The summed E-state index contributed by atoms with van der Waals surface area (Å²) in [6, 6.07) is 3.28. The van der Waals surface area contributed by atoms with Gasteiger partial charge in [-0.1, -0.05) is 6.08 Å². The molecule has 0 aliphatic carbocycles. The third-order valence-corrected chi connectivity index (χ3v) is 1.87. The molecular formula is C9H9NO.